The Hall–Kier alpha value is -3.05. The molecule has 1 aromatic heterocycles. The van der Waals surface area contributed by atoms with Gasteiger partial charge in [0.05, 0.1) is 18.4 Å². The summed E-state index contributed by atoms with van der Waals surface area (Å²) in [7, 11) is 1.68. The highest BCUT2D eigenvalue weighted by atomic mass is 32.2. The van der Waals surface area contributed by atoms with E-state index in [1.165, 1.54) is 22.3 Å². The molecule has 4 rings (SSSR count). The van der Waals surface area contributed by atoms with Crippen LogP contribution in [0.3, 0.4) is 0 Å². The van der Waals surface area contributed by atoms with Gasteiger partial charge in [-0.25, -0.2) is 0 Å². The summed E-state index contributed by atoms with van der Waals surface area (Å²) >= 11 is 1.70. The van der Waals surface area contributed by atoms with Crippen molar-refractivity contribution in [1.82, 2.24) is 14.8 Å². The van der Waals surface area contributed by atoms with E-state index < -0.39 is 0 Å². The fraction of sp³-hybridized carbons (Fsp3) is 0.200. The quantitative estimate of drug-likeness (QED) is 0.354. The van der Waals surface area contributed by atoms with Gasteiger partial charge in [0.25, 0.3) is 0 Å². The van der Waals surface area contributed by atoms with Gasteiger partial charge in [-0.2, -0.15) is 0 Å². The predicted molar refractivity (Wildman–Crippen MR) is 124 cm³/mol. The molecular weight excluding hydrogens is 390 g/mol. The summed E-state index contributed by atoms with van der Waals surface area (Å²) in [5, 5.41) is 10.0. The van der Waals surface area contributed by atoms with Crippen LogP contribution >= 0.6 is 11.8 Å². The number of aryl methyl sites for hydroxylation is 3. The summed E-state index contributed by atoms with van der Waals surface area (Å²) in [6.07, 6.45) is 0. The van der Waals surface area contributed by atoms with E-state index in [4.69, 9.17) is 4.74 Å². The molecule has 0 N–H and O–H groups in total. The van der Waals surface area contributed by atoms with Gasteiger partial charge in [-0.3, -0.25) is 4.57 Å². The minimum Gasteiger partial charge on any atom is -0.496 e. The molecule has 0 saturated heterocycles. The molecule has 0 atom stereocenters. The molecule has 0 aliphatic carbocycles. The monoisotopic (exact) mass is 415 g/mol. The standard InChI is InChI=1S/C25H25N3OS/c1-17-13-14-18(2)20(15-17)16-30-25-27-26-24(21-10-6-8-12-23(21)29-4)28(25)22-11-7-5-9-19(22)3/h5-15H,16H2,1-4H3. The Morgan fingerprint density at radius 1 is 0.867 bits per heavy atom. The van der Waals surface area contributed by atoms with E-state index in [1.54, 1.807) is 18.9 Å². The SMILES string of the molecule is COc1ccccc1-c1nnc(SCc2cc(C)ccc2C)n1-c1ccccc1C. The number of thioether (sulfide) groups is 1. The van der Waals surface area contributed by atoms with Gasteiger partial charge in [0.1, 0.15) is 5.75 Å². The molecule has 0 spiro atoms. The molecule has 0 unspecified atom stereocenters. The molecule has 0 radical (unpaired) electrons. The maximum Gasteiger partial charge on any atom is 0.196 e. The second-order valence-corrected chi connectivity index (χ2v) is 8.29. The van der Waals surface area contributed by atoms with Crippen LogP contribution in [0.4, 0.5) is 0 Å². The molecule has 4 nitrogen and oxygen atoms in total. The molecule has 0 bridgehead atoms. The molecule has 152 valence electrons. The number of methoxy groups -OCH3 is 1. The van der Waals surface area contributed by atoms with Gasteiger partial charge in [0, 0.05) is 5.75 Å². The van der Waals surface area contributed by atoms with Crippen LogP contribution in [0.25, 0.3) is 17.1 Å². The van der Waals surface area contributed by atoms with Gasteiger partial charge in [0.2, 0.25) is 0 Å². The lowest BCUT2D eigenvalue weighted by atomic mass is 10.1. The Morgan fingerprint density at radius 2 is 1.63 bits per heavy atom. The van der Waals surface area contributed by atoms with Crippen LogP contribution in [-0.4, -0.2) is 21.9 Å². The van der Waals surface area contributed by atoms with Crippen molar-refractivity contribution < 1.29 is 4.74 Å². The van der Waals surface area contributed by atoms with E-state index >= 15 is 0 Å². The third-order valence-electron chi connectivity index (χ3n) is 5.20. The predicted octanol–water partition coefficient (Wildman–Crippen LogP) is 6.16. The lowest BCUT2D eigenvalue weighted by Gasteiger charge is -2.14. The minimum absolute atomic E-state index is 0.783. The molecular formula is C25H25N3OS. The van der Waals surface area contributed by atoms with Crippen LogP contribution in [0, 0.1) is 20.8 Å². The number of aromatic nitrogens is 3. The second-order valence-electron chi connectivity index (χ2n) is 7.35. The number of ether oxygens (including phenoxy) is 1. The maximum absolute atomic E-state index is 5.60. The second kappa shape index (κ2) is 8.76. The smallest absolute Gasteiger partial charge is 0.196 e. The molecule has 30 heavy (non-hydrogen) atoms. The van der Waals surface area contributed by atoms with Gasteiger partial charge < -0.3 is 4.74 Å². The zero-order valence-corrected chi connectivity index (χ0v) is 18.5. The van der Waals surface area contributed by atoms with Crippen LogP contribution in [0.2, 0.25) is 0 Å². The van der Waals surface area contributed by atoms with Crippen molar-refractivity contribution in [1.29, 1.82) is 0 Å². The first kappa shape index (κ1) is 20.2. The number of hydrogen-bond donors (Lipinski definition) is 0. The molecule has 0 aliphatic rings. The van der Waals surface area contributed by atoms with Crippen LogP contribution < -0.4 is 4.74 Å². The minimum atomic E-state index is 0.783. The van der Waals surface area contributed by atoms with Crippen LogP contribution in [0.5, 0.6) is 5.75 Å². The molecule has 4 aromatic rings. The van der Waals surface area contributed by atoms with E-state index in [1.807, 2.05) is 30.3 Å². The Morgan fingerprint density at radius 3 is 2.43 bits per heavy atom. The third kappa shape index (κ3) is 3.98. The Kier molecular flexibility index (Phi) is 5.91. The normalized spacial score (nSPS) is 10.9. The van der Waals surface area contributed by atoms with Crippen molar-refractivity contribution in [2.45, 2.75) is 31.7 Å². The van der Waals surface area contributed by atoms with E-state index in [2.05, 4.69) is 71.9 Å². The molecule has 3 aromatic carbocycles. The summed E-state index contributed by atoms with van der Waals surface area (Å²) in [6, 6.07) is 22.8. The average molecular weight is 416 g/mol. The van der Waals surface area contributed by atoms with Crippen molar-refractivity contribution in [3.8, 4) is 22.8 Å². The Labute approximate surface area is 181 Å². The first-order chi connectivity index (χ1) is 14.6. The average Bonchev–Trinajstić information content (AvgIpc) is 3.18. The van der Waals surface area contributed by atoms with E-state index in [-0.39, 0.29) is 0 Å². The summed E-state index contributed by atoms with van der Waals surface area (Å²) in [6.45, 7) is 6.39. The van der Waals surface area contributed by atoms with Crippen molar-refractivity contribution in [2.75, 3.05) is 7.11 Å². The number of para-hydroxylation sites is 2. The van der Waals surface area contributed by atoms with Gasteiger partial charge in [-0.05, 0) is 55.7 Å². The molecule has 0 fully saturated rings. The maximum atomic E-state index is 5.60. The van der Waals surface area contributed by atoms with Gasteiger partial charge in [0.15, 0.2) is 11.0 Å². The number of nitrogens with zero attached hydrogens (tertiary/aromatic N) is 3. The highest BCUT2D eigenvalue weighted by molar-refractivity contribution is 7.98. The van der Waals surface area contributed by atoms with Crippen LogP contribution in [0.1, 0.15) is 22.3 Å². The zero-order valence-electron chi connectivity index (χ0n) is 17.7. The van der Waals surface area contributed by atoms with E-state index in [0.717, 1.165) is 33.7 Å². The summed E-state index contributed by atoms with van der Waals surface area (Å²) in [5.41, 5.74) is 7.05. The first-order valence-electron chi connectivity index (χ1n) is 9.92. The van der Waals surface area contributed by atoms with Crippen molar-refractivity contribution >= 4 is 11.8 Å². The summed E-state index contributed by atoms with van der Waals surface area (Å²) in [4.78, 5) is 0. The zero-order chi connectivity index (χ0) is 21.1. The van der Waals surface area contributed by atoms with Gasteiger partial charge in [-0.1, -0.05) is 65.9 Å². The van der Waals surface area contributed by atoms with E-state index in [9.17, 15) is 0 Å². The highest BCUT2D eigenvalue weighted by Crippen LogP contribution is 2.35. The number of benzene rings is 3. The van der Waals surface area contributed by atoms with Crippen molar-refractivity contribution in [3.63, 3.8) is 0 Å². The molecule has 0 aliphatic heterocycles. The molecule has 0 saturated carbocycles. The largest absolute Gasteiger partial charge is 0.496 e. The highest BCUT2D eigenvalue weighted by Gasteiger charge is 2.20. The number of hydrogen-bond acceptors (Lipinski definition) is 4. The summed E-state index contributed by atoms with van der Waals surface area (Å²) in [5.74, 6) is 2.40. The molecule has 5 heteroatoms. The van der Waals surface area contributed by atoms with Gasteiger partial charge >= 0.3 is 0 Å². The first-order valence-corrected chi connectivity index (χ1v) is 10.9. The lowest BCUT2D eigenvalue weighted by molar-refractivity contribution is 0.416. The van der Waals surface area contributed by atoms with Crippen LogP contribution in [-0.2, 0) is 5.75 Å². The Balaban J connectivity index is 1.81. The number of rotatable bonds is 6. The lowest BCUT2D eigenvalue weighted by Crippen LogP contribution is -2.03. The fourth-order valence-corrected chi connectivity index (χ4v) is 4.50. The topological polar surface area (TPSA) is 39.9 Å². The van der Waals surface area contributed by atoms with Crippen molar-refractivity contribution in [3.05, 3.63) is 89.0 Å². The molecule has 1 heterocycles. The summed E-state index contributed by atoms with van der Waals surface area (Å²) < 4.78 is 7.74. The third-order valence-corrected chi connectivity index (χ3v) is 6.18. The van der Waals surface area contributed by atoms with E-state index in [0.29, 0.717) is 0 Å². The fourth-order valence-electron chi connectivity index (χ4n) is 3.50. The van der Waals surface area contributed by atoms with Crippen LogP contribution in [0.15, 0.2) is 71.9 Å². The van der Waals surface area contributed by atoms with Gasteiger partial charge in [-0.15, -0.1) is 10.2 Å². The Bertz CT molecular complexity index is 1180. The molecule has 0 amide bonds. The van der Waals surface area contributed by atoms with Crippen molar-refractivity contribution in [2.24, 2.45) is 0 Å².